The number of para-hydroxylation sites is 2. The molecule has 2 fully saturated rings. The molecule has 8 rings (SSSR count). The number of imidazole rings is 1. The Kier molecular flexibility index (Phi) is 27.8. The Balaban J connectivity index is 0.00000198. The molecule has 0 aliphatic carbocycles. The lowest BCUT2D eigenvalue weighted by Crippen LogP contribution is -2.61. The summed E-state index contributed by atoms with van der Waals surface area (Å²) >= 11 is 0. The maximum Gasteiger partial charge on any atom is 0.490 e. The first-order valence-corrected chi connectivity index (χ1v) is 32.6. The Hall–Kier alpha value is -11.6. The maximum atomic E-state index is 15.1. The van der Waals surface area contributed by atoms with Crippen molar-refractivity contribution >= 4 is 98.7 Å². The van der Waals surface area contributed by atoms with Gasteiger partial charge in [0.05, 0.1) is 19.5 Å². The minimum atomic E-state index is -5.08. The number of aliphatic hydroxyl groups excluding tert-OH is 1. The molecule has 33 nitrogen and oxygen atoms in total. The number of aromatic amines is 3. The lowest BCUT2D eigenvalue weighted by molar-refractivity contribution is -0.192. The Morgan fingerprint density at radius 1 is 0.657 bits per heavy atom. The number of aliphatic hydroxyl groups is 1. The first-order chi connectivity index (χ1) is 48.5. The number of primary amides is 1. The molecule has 548 valence electrons. The number of aliphatic imine (C=N–C) groups is 1. The molecule has 0 spiro atoms. The van der Waals surface area contributed by atoms with Gasteiger partial charge in [0.2, 0.25) is 65.0 Å². The molecule has 21 N–H and O–H groups in total. The summed E-state index contributed by atoms with van der Waals surface area (Å²) in [6.07, 6.45) is 1.43. The molecule has 5 heterocycles. The number of carbonyl (C=O) groups excluding carboxylic acids is 11. The number of likely N-dealkylation sites (tertiary alicyclic amines) is 1. The average Bonchev–Trinajstić information content (AvgIpc) is 1.43. The second-order valence-corrected chi connectivity index (χ2v) is 24.8. The number of rotatable bonds is 33. The van der Waals surface area contributed by atoms with E-state index in [1.165, 1.54) is 41.7 Å². The van der Waals surface area contributed by atoms with Gasteiger partial charge in [-0.3, -0.25) is 57.7 Å². The van der Waals surface area contributed by atoms with Crippen LogP contribution < -0.4 is 65.1 Å². The Labute approximate surface area is 580 Å². The van der Waals surface area contributed by atoms with Crippen LogP contribution in [0.2, 0.25) is 0 Å². The number of aromatic nitrogens is 4. The number of nitrogens with one attached hydrogen (secondary N) is 12. The highest BCUT2D eigenvalue weighted by Crippen LogP contribution is 2.24. The standard InChI is InChI=1S/C64H82N18O13.C2HF3O2/c1-34(2)23-46(56(88)75-45(13-7-21-69-64(66)67)63(95)82-22-8-14-52(82)62(94)72-31-53(65)85)76-58(90)48(25-36-28-70-42-11-5-3-9-40(36)42)78-57(89)47(24-35-15-17-39(84)18-16-35)77-61(93)51(32-83)81-59(91)49(26-37-29-71-43-12-6-4-10-41(37)43)79-60(92)50(27-38-30-68-33-73-38)80-55(87)44-19-20-54(86)74-44;3-2(4,5)1(6)7/h3-6,9-12,15-18,28-30,33-34,44-52,70-71,83-84H,7-8,13-14,19-27,31-32H2,1-2H3,(H2,65,85)(H,68,73)(H,72,94)(H,74,86)(H,75,88)(H,76,90)(H,77,93)(H,78,89)(H,79,92)(H,80,87)(H,81,91)(H4,66,67,69);(H,6,7)/t44-,45-,46-,47-,48+,49-,50-,51-,52-;/m0./s1. The molecule has 0 saturated carbocycles. The van der Waals surface area contributed by atoms with Crippen LogP contribution in [0.3, 0.4) is 0 Å². The number of carboxylic acid groups (broad SMARTS) is 1. The van der Waals surface area contributed by atoms with Gasteiger partial charge in [-0.15, -0.1) is 0 Å². The van der Waals surface area contributed by atoms with Crippen molar-refractivity contribution in [3.8, 4) is 5.75 Å². The highest BCUT2D eigenvalue weighted by molar-refractivity contribution is 6.00. The molecular formula is C66H83F3N18O15. The summed E-state index contributed by atoms with van der Waals surface area (Å²) in [4.78, 5) is 181. The van der Waals surface area contributed by atoms with Crippen molar-refractivity contribution in [3.63, 3.8) is 0 Å². The summed E-state index contributed by atoms with van der Waals surface area (Å²) in [5, 5.41) is 53.6. The lowest BCUT2D eigenvalue weighted by atomic mass is 9.99. The number of halogens is 3. The van der Waals surface area contributed by atoms with Gasteiger partial charge in [-0.2, -0.15) is 13.2 Å². The van der Waals surface area contributed by atoms with Crippen molar-refractivity contribution in [2.75, 3.05) is 26.2 Å². The minimum absolute atomic E-state index is 0.00905. The van der Waals surface area contributed by atoms with Crippen LogP contribution in [-0.2, 0) is 83.2 Å². The first-order valence-electron chi connectivity index (χ1n) is 32.6. The second kappa shape index (κ2) is 36.5. The van der Waals surface area contributed by atoms with E-state index in [0.29, 0.717) is 50.6 Å². The number of amides is 11. The number of alkyl halides is 3. The van der Waals surface area contributed by atoms with Gasteiger partial charge in [-0.1, -0.05) is 62.4 Å². The van der Waals surface area contributed by atoms with Crippen molar-refractivity contribution in [3.05, 3.63) is 120 Å². The van der Waals surface area contributed by atoms with Crippen LogP contribution >= 0.6 is 0 Å². The fraction of sp³-hybridized carbons (Fsp3) is 0.424. The summed E-state index contributed by atoms with van der Waals surface area (Å²) in [7, 11) is 0. The summed E-state index contributed by atoms with van der Waals surface area (Å²) < 4.78 is 31.7. The smallest absolute Gasteiger partial charge is 0.490 e. The largest absolute Gasteiger partial charge is 0.508 e. The van der Waals surface area contributed by atoms with Crippen LogP contribution in [0.1, 0.15) is 81.2 Å². The number of carbonyl (C=O) groups is 12. The molecular weight excluding hydrogens is 1340 g/mol. The molecule has 0 unspecified atom stereocenters. The summed E-state index contributed by atoms with van der Waals surface area (Å²) in [6, 6.07) is 7.78. The monoisotopic (exact) mass is 1420 g/mol. The molecule has 2 aliphatic rings. The molecule has 11 amide bonds. The van der Waals surface area contributed by atoms with E-state index in [2.05, 4.69) is 72.8 Å². The summed E-state index contributed by atoms with van der Waals surface area (Å²) in [6.45, 7) is 2.33. The number of phenols is 1. The number of hydrogen-bond acceptors (Lipinski definition) is 16. The van der Waals surface area contributed by atoms with Gasteiger partial charge in [0, 0.05) is 91.3 Å². The van der Waals surface area contributed by atoms with Gasteiger partial charge >= 0.3 is 12.1 Å². The predicted molar refractivity (Wildman–Crippen MR) is 360 cm³/mol. The molecule has 2 saturated heterocycles. The summed E-state index contributed by atoms with van der Waals surface area (Å²) in [5.74, 6) is -11.8. The van der Waals surface area contributed by atoms with E-state index >= 15 is 9.59 Å². The molecule has 3 aromatic heterocycles. The third-order valence-electron chi connectivity index (χ3n) is 16.6. The maximum absolute atomic E-state index is 15.1. The molecule has 3 aromatic carbocycles. The highest BCUT2D eigenvalue weighted by atomic mass is 19.4. The first kappa shape index (κ1) is 77.8. The van der Waals surface area contributed by atoms with Crippen molar-refractivity contribution in [2.24, 2.45) is 28.1 Å². The average molecular weight is 1430 g/mol. The van der Waals surface area contributed by atoms with Crippen LogP contribution in [0.15, 0.2) is 103 Å². The quantitative estimate of drug-likeness (QED) is 0.0125. The number of nitrogens with zero attached hydrogens (tertiary/aromatic N) is 3. The summed E-state index contributed by atoms with van der Waals surface area (Å²) in [5.41, 5.74) is 19.8. The highest BCUT2D eigenvalue weighted by Gasteiger charge is 2.41. The van der Waals surface area contributed by atoms with Gasteiger partial charge in [0.1, 0.15) is 60.1 Å². The van der Waals surface area contributed by atoms with Crippen molar-refractivity contribution in [2.45, 2.75) is 145 Å². The molecule has 0 bridgehead atoms. The number of aromatic hydroxyl groups is 1. The van der Waals surface area contributed by atoms with E-state index in [1.807, 2.05) is 0 Å². The number of aliphatic carboxylic acids is 1. The second-order valence-electron chi connectivity index (χ2n) is 24.8. The van der Waals surface area contributed by atoms with Crippen LogP contribution in [-0.4, -0.2) is 204 Å². The number of fused-ring (bicyclic) bond motifs is 2. The fourth-order valence-electron chi connectivity index (χ4n) is 11.5. The predicted octanol–water partition coefficient (Wildman–Crippen LogP) is -1.66. The Morgan fingerprint density at radius 3 is 1.67 bits per heavy atom. The van der Waals surface area contributed by atoms with Gasteiger partial charge in [-0.25, -0.2) is 9.78 Å². The van der Waals surface area contributed by atoms with Crippen LogP contribution in [0.5, 0.6) is 5.75 Å². The minimum Gasteiger partial charge on any atom is -0.508 e. The zero-order chi connectivity index (χ0) is 74.4. The SMILES string of the molecule is CC(C)C[C@H](NC(=O)[C@@H](Cc1c[nH]c2ccccc12)NC(=O)[C@H](Cc1ccc(O)cc1)NC(=O)[C@H](CO)NC(=O)[C@H](Cc1c[nH]c2ccccc12)NC(=O)[C@H](Cc1cnc[nH]1)NC(=O)[C@@H]1CCC(=O)N1)C(=O)N[C@@H](CCCN=C(N)N)C(=O)N1CCC[C@H]1C(=O)NCC(N)=O.O=C(O)C(F)(F)F. The molecule has 0 radical (unpaired) electrons. The Morgan fingerprint density at radius 2 is 1.17 bits per heavy atom. The molecule has 102 heavy (non-hydrogen) atoms. The van der Waals surface area contributed by atoms with Gasteiger partial charge in [0.25, 0.3) is 0 Å². The van der Waals surface area contributed by atoms with Crippen LogP contribution in [0.4, 0.5) is 13.2 Å². The fourth-order valence-corrected chi connectivity index (χ4v) is 11.5. The Bertz CT molecular complexity index is 3990. The zero-order valence-corrected chi connectivity index (χ0v) is 55.6. The van der Waals surface area contributed by atoms with Crippen LogP contribution in [0.25, 0.3) is 21.8 Å². The number of nitrogens with two attached hydrogens (primary N) is 3. The zero-order valence-electron chi connectivity index (χ0n) is 55.6. The number of guanidine groups is 1. The van der Waals surface area contributed by atoms with Crippen LogP contribution in [0, 0.1) is 5.92 Å². The van der Waals surface area contributed by atoms with E-state index < -0.39 is 139 Å². The molecule has 36 heteroatoms. The van der Waals surface area contributed by atoms with E-state index in [4.69, 9.17) is 27.1 Å². The normalized spacial score (nSPS) is 16.3. The van der Waals surface area contributed by atoms with Gasteiger partial charge in [-0.05, 0) is 85.4 Å². The molecule has 6 aromatic rings. The number of phenolic OH excluding ortho intramolecular Hbond substituents is 1. The van der Waals surface area contributed by atoms with E-state index in [0.717, 1.165) is 0 Å². The third-order valence-corrected chi connectivity index (χ3v) is 16.6. The third kappa shape index (κ3) is 22.7. The molecule has 2 aliphatic heterocycles. The van der Waals surface area contributed by atoms with Gasteiger partial charge < -0.3 is 100 Å². The van der Waals surface area contributed by atoms with Crippen molar-refractivity contribution in [1.29, 1.82) is 0 Å². The van der Waals surface area contributed by atoms with Crippen molar-refractivity contribution in [1.82, 2.24) is 72.7 Å². The lowest BCUT2D eigenvalue weighted by Gasteiger charge is -2.30. The van der Waals surface area contributed by atoms with E-state index in [1.54, 1.807) is 74.8 Å². The number of carboxylic acids is 1. The number of hydrogen-bond donors (Lipinski definition) is 18. The van der Waals surface area contributed by atoms with E-state index in [-0.39, 0.29) is 101 Å². The number of H-pyrrole nitrogens is 3. The van der Waals surface area contributed by atoms with E-state index in [9.17, 15) is 66.5 Å². The molecule has 9 atom stereocenters. The topological polar surface area (TPSA) is 528 Å². The van der Waals surface area contributed by atoms with Crippen molar-refractivity contribution < 1.29 is 86.0 Å². The number of benzene rings is 3. The van der Waals surface area contributed by atoms with Gasteiger partial charge in [0.15, 0.2) is 5.96 Å².